The Hall–Kier alpha value is -1.34. The Morgan fingerprint density at radius 3 is 2.81 bits per heavy atom. The SMILES string of the molecule is CCOc1cc(Cl)ccc1N1CC(CS(=O)(=O)F)CC1=O. The van der Waals surface area contributed by atoms with Crippen LogP contribution >= 0.6 is 11.6 Å². The van der Waals surface area contributed by atoms with Crippen molar-refractivity contribution in [1.82, 2.24) is 0 Å². The van der Waals surface area contributed by atoms with Crippen LogP contribution in [0.15, 0.2) is 18.2 Å². The van der Waals surface area contributed by atoms with Gasteiger partial charge in [-0.1, -0.05) is 11.6 Å². The molecule has 1 fully saturated rings. The quantitative estimate of drug-likeness (QED) is 0.775. The minimum atomic E-state index is -4.59. The van der Waals surface area contributed by atoms with Crippen LogP contribution in [0.4, 0.5) is 9.57 Å². The Kier molecular flexibility index (Phi) is 4.73. The minimum absolute atomic E-state index is 0.00264. The molecule has 1 aromatic rings. The third-order valence-electron chi connectivity index (χ3n) is 3.15. The van der Waals surface area contributed by atoms with Crippen LogP contribution < -0.4 is 9.64 Å². The standard InChI is InChI=1S/C13H15ClFNO4S/c1-2-20-12-6-10(14)3-4-11(12)16-7-9(5-13(16)17)8-21(15,18)19/h3-4,6,9H,2,5,7-8H2,1H3. The van der Waals surface area contributed by atoms with Gasteiger partial charge in [0.2, 0.25) is 5.91 Å². The molecule has 0 bridgehead atoms. The molecule has 1 saturated heterocycles. The smallest absolute Gasteiger partial charge is 0.302 e. The first-order valence-electron chi connectivity index (χ1n) is 6.45. The normalized spacial score (nSPS) is 19.1. The lowest BCUT2D eigenvalue weighted by Crippen LogP contribution is -2.26. The fourth-order valence-electron chi connectivity index (χ4n) is 2.39. The first-order chi connectivity index (χ1) is 9.80. The molecule has 8 heteroatoms. The zero-order valence-corrected chi connectivity index (χ0v) is 13.0. The maximum atomic E-state index is 12.8. The van der Waals surface area contributed by atoms with Crippen LogP contribution in [0.25, 0.3) is 0 Å². The summed E-state index contributed by atoms with van der Waals surface area (Å²) < 4.78 is 39.6. The number of carbonyl (C=O) groups is 1. The van der Waals surface area contributed by atoms with Gasteiger partial charge in [-0.15, -0.1) is 3.89 Å². The molecule has 1 aromatic carbocycles. The Bertz CT molecular complexity index is 650. The van der Waals surface area contributed by atoms with E-state index < -0.39 is 21.9 Å². The van der Waals surface area contributed by atoms with Crippen LogP contribution in [0, 0.1) is 5.92 Å². The second-order valence-corrected chi connectivity index (χ2v) is 6.67. The highest BCUT2D eigenvalue weighted by atomic mass is 35.5. The van der Waals surface area contributed by atoms with Crippen LogP contribution in [-0.2, 0) is 15.0 Å². The highest BCUT2D eigenvalue weighted by Gasteiger charge is 2.34. The first kappa shape index (κ1) is 16.0. The molecule has 1 heterocycles. The van der Waals surface area contributed by atoms with Crippen LogP contribution in [-0.4, -0.2) is 33.2 Å². The third kappa shape index (κ3) is 4.07. The lowest BCUT2D eigenvalue weighted by molar-refractivity contribution is -0.117. The number of hydrogen-bond acceptors (Lipinski definition) is 4. The van der Waals surface area contributed by atoms with Gasteiger partial charge in [0.1, 0.15) is 5.75 Å². The average molecular weight is 336 g/mol. The maximum Gasteiger partial charge on any atom is 0.302 e. The second-order valence-electron chi connectivity index (χ2n) is 4.83. The lowest BCUT2D eigenvalue weighted by Gasteiger charge is -2.20. The van der Waals surface area contributed by atoms with Gasteiger partial charge in [0.15, 0.2) is 0 Å². The fraction of sp³-hybridized carbons (Fsp3) is 0.462. The number of amides is 1. The molecule has 0 saturated carbocycles. The number of benzene rings is 1. The van der Waals surface area contributed by atoms with Crippen molar-refractivity contribution < 1.29 is 21.8 Å². The molecule has 1 amide bonds. The highest BCUT2D eigenvalue weighted by Crippen LogP contribution is 2.35. The molecule has 1 aliphatic heterocycles. The van der Waals surface area contributed by atoms with Crippen LogP contribution in [0.5, 0.6) is 5.75 Å². The molecular weight excluding hydrogens is 321 g/mol. The van der Waals surface area contributed by atoms with Crippen molar-refractivity contribution in [1.29, 1.82) is 0 Å². The molecule has 0 spiro atoms. The first-order valence-corrected chi connectivity index (χ1v) is 8.38. The molecule has 0 N–H and O–H groups in total. The average Bonchev–Trinajstić information content (AvgIpc) is 2.68. The van der Waals surface area contributed by atoms with E-state index in [2.05, 4.69) is 0 Å². The summed E-state index contributed by atoms with van der Waals surface area (Å²) in [6.45, 7) is 2.34. The number of nitrogens with zero attached hydrogens (tertiary/aromatic N) is 1. The highest BCUT2D eigenvalue weighted by molar-refractivity contribution is 7.86. The fourth-order valence-corrected chi connectivity index (χ4v) is 3.34. The van der Waals surface area contributed by atoms with Gasteiger partial charge >= 0.3 is 10.2 Å². The summed E-state index contributed by atoms with van der Waals surface area (Å²) >= 11 is 5.90. The van der Waals surface area contributed by atoms with E-state index in [0.717, 1.165) is 0 Å². The Labute approximate surface area is 127 Å². The minimum Gasteiger partial charge on any atom is -0.492 e. The molecule has 0 radical (unpaired) electrons. The van der Waals surface area contributed by atoms with E-state index in [9.17, 15) is 17.1 Å². The van der Waals surface area contributed by atoms with Gasteiger partial charge in [0.05, 0.1) is 18.0 Å². The molecule has 116 valence electrons. The largest absolute Gasteiger partial charge is 0.492 e. The van der Waals surface area contributed by atoms with Gasteiger partial charge in [-0.05, 0) is 19.1 Å². The summed E-state index contributed by atoms with van der Waals surface area (Å²) in [6.07, 6.45) is -0.00264. The van der Waals surface area contributed by atoms with Gasteiger partial charge in [0.25, 0.3) is 0 Å². The van der Waals surface area contributed by atoms with Gasteiger partial charge in [-0.3, -0.25) is 4.79 Å². The Morgan fingerprint density at radius 2 is 2.19 bits per heavy atom. The maximum absolute atomic E-state index is 12.8. The Balaban J connectivity index is 2.24. The summed E-state index contributed by atoms with van der Waals surface area (Å²) in [7, 11) is -4.59. The van der Waals surface area contributed by atoms with Crippen molar-refractivity contribution in [3.8, 4) is 5.75 Å². The van der Waals surface area contributed by atoms with Crippen LogP contribution in [0.1, 0.15) is 13.3 Å². The van der Waals surface area contributed by atoms with E-state index in [4.69, 9.17) is 16.3 Å². The van der Waals surface area contributed by atoms with E-state index in [1.807, 2.05) is 0 Å². The monoisotopic (exact) mass is 335 g/mol. The zero-order valence-electron chi connectivity index (χ0n) is 11.4. The molecule has 1 unspecified atom stereocenters. The summed E-state index contributed by atoms with van der Waals surface area (Å²) in [5, 5.41) is 0.469. The van der Waals surface area contributed by atoms with Gasteiger partial charge < -0.3 is 9.64 Å². The molecule has 21 heavy (non-hydrogen) atoms. The Morgan fingerprint density at radius 1 is 1.48 bits per heavy atom. The van der Waals surface area contributed by atoms with E-state index in [1.54, 1.807) is 25.1 Å². The van der Waals surface area contributed by atoms with Crippen molar-refractivity contribution in [2.24, 2.45) is 5.92 Å². The summed E-state index contributed by atoms with van der Waals surface area (Å²) in [5.41, 5.74) is 0.519. The van der Waals surface area contributed by atoms with Crippen molar-refractivity contribution in [3.05, 3.63) is 23.2 Å². The van der Waals surface area contributed by atoms with E-state index in [0.29, 0.717) is 23.1 Å². The molecular formula is C13H15ClFNO4S. The molecule has 1 atom stereocenters. The van der Waals surface area contributed by atoms with E-state index in [-0.39, 0.29) is 18.9 Å². The molecule has 1 aliphatic rings. The predicted molar refractivity (Wildman–Crippen MR) is 78.0 cm³/mol. The topological polar surface area (TPSA) is 63.7 Å². The summed E-state index contributed by atoms with van der Waals surface area (Å²) in [5.74, 6) is -1.01. The molecule has 2 rings (SSSR count). The van der Waals surface area contributed by atoms with Crippen LogP contribution in [0.3, 0.4) is 0 Å². The van der Waals surface area contributed by atoms with Crippen LogP contribution in [0.2, 0.25) is 5.02 Å². The van der Waals surface area contributed by atoms with Gasteiger partial charge in [-0.25, -0.2) is 0 Å². The number of anilines is 1. The number of carbonyl (C=O) groups excluding carboxylic acids is 1. The summed E-state index contributed by atoms with van der Waals surface area (Å²) in [6, 6.07) is 4.84. The second kappa shape index (κ2) is 6.19. The third-order valence-corrected chi connectivity index (χ3v) is 4.26. The molecule has 0 aromatic heterocycles. The number of ether oxygens (including phenoxy) is 1. The summed E-state index contributed by atoms with van der Waals surface area (Å²) in [4.78, 5) is 13.4. The lowest BCUT2D eigenvalue weighted by atomic mass is 10.1. The van der Waals surface area contributed by atoms with E-state index in [1.165, 1.54) is 4.90 Å². The van der Waals surface area contributed by atoms with Crippen molar-refractivity contribution in [2.75, 3.05) is 23.8 Å². The van der Waals surface area contributed by atoms with E-state index >= 15 is 0 Å². The molecule has 0 aliphatic carbocycles. The van der Waals surface area contributed by atoms with Crippen molar-refractivity contribution >= 4 is 33.4 Å². The van der Waals surface area contributed by atoms with Gasteiger partial charge in [-0.2, -0.15) is 8.42 Å². The van der Waals surface area contributed by atoms with Gasteiger partial charge in [0, 0.05) is 30.0 Å². The van der Waals surface area contributed by atoms with Crippen molar-refractivity contribution in [2.45, 2.75) is 13.3 Å². The molecule has 5 nitrogen and oxygen atoms in total. The van der Waals surface area contributed by atoms with Crippen molar-refractivity contribution in [3.63, 3.8) is 0 Å². The predicted octanol–water partition coefficient (Wildman–Crippen LogP) is 2.39. The zero-order chi connectivity index (χ0) is 15.6. The number of halogens is 2. The number of rotatable bonds is 5. The number of hydrogen-bond donors (Lipinski definition) is 0.